The molecule has 1 aliphatic carbocycles. The Morgan fingerprint density at radius 2 is 1.88 bits per heavy atom. The topological polar surface area (TPSA) is 81.8 Å². The standard InChI is InChI=1S/C24H35ClN4O3/c1-4-17-11-13-24(14-12-17)22(31)29(23(32)27-24)16-21(30)26-15-20(28(5-2)6-3)18-9-7-8-10-19(18)25/h7-10,17,20H,4-6,11-16H2,1-3H3,(H,26,30)(H,27,32). The zero-order chi connectivity index (χ0) is 23.3. The van der Waals surface area contributed by atoms with Crippen molar-refractivity contribution in [3.63, 3.8) is 0 Å². The van der Waals surface area contributed by atoms with Crippen molar-refractivity contribution in [3.8, 4) is 0 Å². The Morgan fingerprint density at radius 1 is 1.22 bits per heavy atom. The van der Waals surface area contributed by atoms with Crippen LogP contribution in [0.4, 0.5) is 4.79 Å². The number of nitrogens with zero attached hydrogens (tertiary/aromatic N) is 2. The summed E-state index contributed by atoms with van der Waals surface area (Å²) in [5.41, 5.74) is 0.115. The number of carbonyl (C=O) groups excluding carboxylic acids is 3. The molecule has 1 saturated heterocycles. The quantitative estimate of drug-likeness (QED) is 0.548. The van der Waals surface area contributed by atoms with E-state index in [0.717, 1.165) is 42.8 Å². The second-order valence-electron chi connectivity index (χ2n) is 8.82. The fourth-order valence-electron chi connectivity index (χ4n) is 4.99. The summed E-state index contributed by atoms with van der Waals surface area (Å²) in [4.78, 5) is 41.6. The number of imide groups is 1. The maximum atomic E-state index is 13.1. The molecule has 3 rings (SSSR count). The van der Waals surface area contributed by atoms with E-state index in [1.54, 1.807) is 0 Å². The van der Waals surface area contributed by atoms with E-state index in [9.17, 15) is 14.4 Å². The number of hydrogen-bond acceptors (Lipinski definition) is 4. The van der Waals surface area contributed by atoms with Gasteiger partial charge in [-0.2, -0.15) is 0 Å². The first-order valence-corrected chi connectivity index (χ1v) is 12.1. The van der Waals surface area contributed by atoms with Gasteiger partial charge in [0, 0.05) is 11.6 Å². The van der Waals surface area contributed by atoms with Crippen molar-refractivity contribution in [1.82, 2.24) is 20.4 Å². The molecule has 1 aromatic carbocycles. The molecule has 8 heteroatoms. The first kappa shape index (κ1) is 24.5. The van der Waals surface area contributed by atoms with Gasteiger partial charge in [-0.05, 0) is 56.3 Å². The van der Waals surface area contributed by atoms with E-state index in [2.05, 4.69) is 36.3 Å². The van der Waals surface area contributed by atoms with E-state index >= 15 is 0 Å². The number of nitrogens with one attached hydrogen (secondary N) is 2. The second kappa shape index (κ2) is 10.7. The number of carbonyl (C=O) groups is 3. The highest BCUT2D eigenvalue weighted by molar-refractivity contribution is 6.31. The summed E-state index contributed by atoms with van der Waals surface area (Å²) in [7, 11) is 0. The molecule has 1 unspecified atom stereocenters. The third kappa shape index (κ3) is 5.09. The fraction of sp³-hybridized carbons (Fsp3) is 0.625. The molecular weight excluding hydrogens is 428 g/mol. The summed E-state index contributed by atoms with van der Waals surface area (Å²) in [6.45, 7) is 7.97. The zero-order valence-corrected chi connectivity index (χ0v) is 20.1. The van der Waals surface area contributed by atoms with Crippen molar-refractivity contribution < 1.29 is 14.4 Å². The Balaban J connectivity index is 1.63. The number of amides is 4. The molecule has 32 heavy (non-hydrogen) atoms. The van der Waals surface area contributed by atoms with Gasteiger partial charge in [0.1, 0.15) is 12.1 Å². The Morgan fingerprint density at radius 3 is 2.47 bits per heavy atom. The van der Waals surface area contributed by atoms with E-state index in [-0.39, 0.29) is 24.4 Å². The maximum Gasteiger partial charge on any atom is 0.325 e. The molecule has 1 spiro atoms. The normalized spacial score (nSPS) is 24.2. The Hall–Kier alpha value is -2.12. The van der Waals surface area contributed by atoms with Crippen molar-refractivity contribution in [2.75, 3.05) is 26.2 Å². The number of urea groups is 1. The van der Waals surface area contributed by atoms with Crippen molar-refractivity contribution in [1.29, 1.82) is 0 Å². The predicted molar refractivity (Wildman–Crippen MR) is 125 cm³/mol. The van der Waals surface area contributed by atoms with Gasteiger partial charge in [-0.1, -0.05) is 57.0 Å². The van der Waals surface area contributed by atoms with Crippen molar-refractivity contribution >= 4 is 29.4 Å². The zero-order valence-electron chi connectivity index (χ0n) is 19.3. The minimum Gasteiger partial charge on any atom is -0.353 e. The van der Waals surface area contributed by atoms with Crippen LogP contribution in [0.25, 0.3) is 0 Å². The third-order valence-electron chi connectivity index (χ3n) is 7.09. The van der Waals surface area contributed by atoms with Gasteiger partial charge in [-0.25, -0.2) is 4.79 Å². The third-order valence-corrected chi connectivity index (χ3v) is 7.44. The molecule has 4 amide bonds. The predicted octanol–water partition coefficient (Wildman–Crippen LogP) is 3.73. The largest absolute Gasteiger partial charge is 0.353 e. The second-order valence-corrected chi connectivity index (χ2v) is 9.22. The van der Waals surface area contributed by atoms with E-state index in [4.69, 9.17) is 11.6 Å². The van der Waals surface area contributed by atoms with Gasteiger partial charge in [0.2, 0.25) is 5.91 Å². The average Bonchev–Trinajstić information content (AvgIpc) is 3.01. The molecule has 1 aliphatic heterocycles. The van der Waals surface area contributed by atoms with Crippen molar-refractivity contribution in [2.45, 2.75) is 64.5 Å². The molecule has 0 aromatic heterocycles. The molecule has 1 atom stereocenters. The van der Waals surface area contributed by atoms with E-state index in [1.165, 1.54) is 0 Å². The number of halogens is 1. The van der Waals surface area contributed by atoms with Crippen LogP contribution in [0.5, 0.6) is 0 Å². The average molecular weight is 463 g/mol. The Kier molecular flexibility index (Phi) is 8.17. The first-order chi connectivity index (χ1) is 15.3. The molecule has 7 nitrogen and oxygen atoms in total. The molecule has 1 heterocycles. The summed E-state index contributed by atoms with van der Waals surface area (Å²) in [5.74, 6) is -0.0138. The number of likely N-dealkylation sites (N-methyl/N-ethyl adjacent to an activating group) is 1. The van der Waals surface area contributed by atoms with Crippen LogP contribution in [-0.4, -0.2) is 59.4 Å². The molecule has 1 aromatic rings. The molecule has 0 bridgehead atoms. The summed E-state index contributed by atoms with van der Waals surface area (Å²) >= 11 is 6.43. The van der Waals surface area contributed by atoms with Crippen LogP contribution < -0.4 is 10.6 Å². The van der Waals surface area contributed by atoms with Gasteiger partial charge in [0.15, 0.2) is 0 Å². The highest BCUT2D eigenvalue weighted by atomic mass is 35.5. The SMILES string of the molecule is CCC1CCC2(CC1)NC(=O)N(CC(=O)NCC(c1ccccc1Cl)N(CC)CC)C2=O. The van der Waals surface area contributed by atoms with Crippen molar-refractivity contribution in [3.05, 3.63) is 34.9 Å². The molecule has 0 radical (unpaired) electrons. The molecule has 176 valence electrons. The lowest BCUT2D eigenvalue weighted by molar-refractivity contribution is -0.136. The molecule has 2 aliphatic rings. The van der Waals surface area contributed by atoms with Gasteiger partial charge in [-0.15, -0.1) is 0 Å². The van der Waals surface area contributed by atoms with Crippen LogP contribution in [0.1, 0.15) is 64.5 Å². The van der Waals surface area contributed by atoms with E-state index in [1.807, 2.05) is 24.3 Å². The summed E-state index contributed by atoms with van der Waals surface area (Å²) in [5, 5.41) is 6.46. The van der Waals surface area contributed by atoms with Crippen LogP contribution in [-0.2, 0) is 9.59 Å². The van der Waals surface area contributed by atoms with E-state index in [0.29, 0.717) is 30.3 Å². The van der Waals surface area contributed by atoms with Gasteiger partial charge in [0.05, 0.1) is 6.04 Å². The lowest BCUT2D eigenvalue weighted by Gasteiger charge is -2.34. The van der Waals surface area contributed by atoms with Crippen LogP contribution in [0, 0.1) is 5.92 Å². The number of benzene rings is 1. The van der Waals surface area contributed by atoms with Crippen molar-refractivity contribution in [2.24, 2.45) is 5.92 Å². The van der Waals surface area contributed by atoms with Crippen LogP contribution >= 0.6 is 11.6 Å². The minimum absolute atomic E-state index is 0.0959. The fourth-order valence-corrected chi connectivity index (χ4v) is 5.25. The van der Waals surface area contributed by atoms with Gasteiger partial charge >= 0.3 is 6.03 Å². The highest BCUT2D eigenvalue weighted by Gasteiger charge is 2.52. The van der Waals surface area contributed by atoms with Gasteiger partial charge in [-0.3, -0.25) is 19.4 Å². The highest BCUT2D eigenvalue weighted by Crippen LogP contribution is 2.37. The van der Waals surface area contributed by atoms with Crippen LogP contribution in [0.15, 0.2) is 24.3 Å². The Labute approximate surface area is 195 Å². The van der Waals surface area contributed by atoms with Crippen LogP contribution in [0.3, 0.4) is 0 Å². The minimum atomic E-state index is -0.829. The number of hydrogen-bond donors (Lipinski definition) is 2. The summed E-state index contributed by atoms with van der Waals surface area (Å²) in [6.07, 6.45) is 4.22. The maximum absolute atomic E-state index is 13.1. The molecule has 1 saturated carbocycles. The van der Waals surface area contributed by atoms with Crippen LogP contribution in [0.2, 0.25) is 5.02 Å². The monoisotopic (exact) mass is 462 g/mol. The summed E-state index contributed by atoms with van der Waals surface area (Å²) < 4.78 is 0. The van der Waals surface area contributed by atoms with Gasteiger partial charge in [0.25, 0.3) is 5.91 Å². The molecule has 2 fully saturated rings. The van der Waals surface area contributed by atoms with Gasteiger partial charge < -0.3 is 10.6 Å². The lowest BCUT2D eigenvalue weighted by atomic mass is 9.75. The Bertz CT molecular complexity index is 834. The first-order valence-electron chi connectivity index (χ1n) is 11.7. The lowest BCUT2D eigenvalue weighted by Crippen LogP contribution is -2.50. The number of rotatable bonds is 9. The molecular formula is C24H35ClN4O3. The molecule has 2 N–H and O–H groups in total. The summed E-state index contributed by atoms with van der Waals surface area (Å²) in [6, 6.07) is 7.05. The van der Waals surface area contributed by atoms with E-state index < -0.39 is 11.6 Å². The smallest absolute Gasteiger partial charge is 0.325 e.